The van der Waals surface area contributed by atoms with Crippen LogP contribution in [-0.4, -0.2) is 11.5 Å². The summed E-state index contributed by atoms with van der Waals surface area (Å²) in [5, 5.41) is 10.6. The van der Waals surface area contributed by atoms with Gasteiger partial charge >= 0.3 is 0 Å². The fourth-order valence-electron chi connectivity index (χ4n) is 1.59. The van der Waals surface area contributed by atoms with Gasteiger partial charge in [0.15, 0.2) is 0 Å². The van der Waals surface area contributed by atoms with E-state index in [1.54, 1.807) is 0 Å². The van der Waals surface area contributed by atoms with Crippen LogP contribution in [0.2, 0.25) is 0 Å². The predicted molar refractivity (Wildman–Crippen MR) is 62.9 cm³/mol. The Morgan fingerprint density at radius 2 is 2.12 bits per heavy atom. The highest BCUT2D eigenvalue weighted by atomic mass is 19.1. The van der Waals surface area contributed by atoms with E-state index in [1.165, 1.54) is 6.07 Å². The van der Waals surface area contributed by atoms with Gasteiger partial charge in [0.05, 0.1) is 4.92 Å². The summed E-state index contributed by atoms with van der Waals surface area (Å²) in [4.78, 5) is 10.0. The monoisotopic (exact) mass is 241 g/mol. The molecular formula is C11H16FN3O2. The van der Waals surface area contributed by atoms with E-state index < -0.39 is 16.8 Å². The fraction of sp³-hybridized carbons (Fsp3) is 0.455. The van der Waals surface area contributed by atoms with Crippen molar-refractivity contribution in [3.05, 3.63) is 39.7 Å². The smallest absolute Gasteiger partial charge is 0.269 e. The molecular weight excluding hydrogens is 225 g/mol. The number of hydrogen-bond donors (Lipinski definition) is 2. The van der Waals surface area contributed by atoms with Crippen LogP contribution in [0.5, 0.6) is 0 Å². The van der Waals surface area contributed by atoms with E-state index in [0.717, 1.165) is 25.0 Å². The number of rotatable bonds is 6. The van der Waals surface area contributed by atoms with Crippen LogP contribution in [0.3, 0.4) is 0 Å². The van der Waals surface area contributed by atoms with Crippen molar-refractivity contribution in [2.45, 2.75) is 25.3 Å². The molecule has 0 fully saturated rings. The third-order valence-corrected chi connectivity index (χ3v) is 2.56. The number of hydrogen-bond acceptors (Lipinski definition) is 4. The number of nitrogens with two attached hydrogens (primary N) is 2. The zero-order chi connectivity index (χ0) is 12.8. The van der Waals surface area contributed by atoms with Crippen molar-refractivity contribution in [1.29, 1.82) is 0 Å². The van der Waals surface area contributed by atoms with Crippen LogP contribution in [0.4, 0.5) is 10.1 Å². The molecule has 1 aromatic carbocycles. The first-order chi connectivity index (χ1) is 8.06. The third kappa shape index (κ3) is 3.76. The Labute approximate surface area is 98.8 Å². The van der Waals surface area contributed by atoms with Gasteiger partial charge in [-0.1, -0.05) is 6.42 Å². The molecule has 1 aromatic rings. The minimum Gasteiger partial charge on any atom is -0.330 e. The van der Waals surface area contributed by atoms with Crippen molar-refractivity contribution in [2.24, 2.45) is 11.5 Å². The molecule has 0 unspecified atom stereocenters. The number of halogens is 1. The van der Waals surface area contributed by atoms with Crippen LogP contribution >= 0.6 is 0 Å². The van der Waals surface area contributed by atoms with E-state index in [4.69, 9.17) is 11.5 Å². The first-order valence-electron chi connectivity index (χ1n) is 5.45. The molecule has 0 saturated heterocycles. The Morgan fingerprint density at radius 3 is 2.71 bits per heavy atom. The summed E-state index contributed by atoms with van der Waals surface area (Å²) >= 11 is 0. The van der Waals surface area contributed by atoms with Crippen molar-refractivity contribution >= 4 is 5.69 Å². The number of nitro benzene ring substituents is 1. The average molecular weight is 241 g/mol. The highest BCUT2D eigenvalue weighted by Gasteiger charge is 2.15. The molecule has 0 spiro atoms. The van der Waals surface area contributed by atoms with Gasteiger partial charge in [-0.2, -0.15) is 0 Å². The molecule has 6 heteroatoms. The molecule has 0 aliphatic rings. The number of unbranched alkanes of at least 4 members (excludes halogenated alkanes) is 1. The Morgan fingerprint density at radius 1 is 1.41 bits per heavy atom. The van der Waals surface area contributed by atoms with Gasteiger partial charge in [0.25, 0.3) is 5.69 Å². The molecule has 0 radical (unpaired) electrons. The Balaban J connectivity index is 2.80. The van der Waals surface area contributed by atoms with Gasteiger partial charge in [-0.3, -0.25) is 10.1 Å². The quantitative estimate of drug-likeness (QED) is 0.451. The number of benzene rings is 1. The topological polar surface area (TPSA) is 95.2 Å². The Kier molecular flexibility index (Phi) is 4.99. The lowest BCUT2D eigenvalue weighted by atomic mass is 10.0. The molecule has 94 valence electrons. The predicted octanol–water partition coefficient (Wildman–Crippen LogP) is 1.86. The maximum atomic E-state index is 13.5. The van der Waals surface area contributed by atoms with E-state index in [-0.39, 0.29) is 11.3 Å². The lowest BCUT2D eigenvalue weighted by Gasteiger charge is -2.12. The highest BCUT2D eigenvalue weighted by Crippen LogP contribution is 2.24. The lowest BCUT2D eigenvalue weighted by molar-refractivity contribution is -0.385. The first kappa shape index (κ1) is 13.5. The maximum absolute atomic E-state index is 13.5. The molecule has 0 aromatic heterocycles. The minimum atomic E-state index is -0.560. The summed E-state index contributed by atoms with van der Waals surface area (Å²) in [6, 6.07) is 2.88. The molecule has 0 saturated carbocycles. The molecule has 0 aliphatic carbocycles. The summed E-state index contributed by atoms with van der Waals surface area (Å²) in [5.74, 6) is -0.504. The molecule has 5 nitrogen and oxygen atoms in total. The van der Waals surface area contributed by atoms with E-state index >= 15 is 0 Å². The van der Waals surface area contributed by atoms with Gasteiger partial charge in [-0.15, -0.1) is 0 Å². The van der Waals surface area contributed by atoms with E-state index in [0.29, 0.717) is 13.0 Å². The second-order valence-electron chi connectivity index (χ2n) is 3.85. The number of nitro groups is 1. The van der Waals surface area contributed by atoms with Crippen LogP contribution < -0.4 is 11.5 Å². The van der Waals surface area contributed by atoms with Crippen LogP contribution in [0.1, 0.15) is 30.9 Å². The van der Waals surface area contributed by atoms with Gasteiger partial charge in [-0.05, 0) is 25.5 Å². The van der Waals surface area contributed by atoms with Crippen molar-refractivity contribution in [3.63, 3.8) is 0 Å². The van der Waals surface area contributed by atoms with Crippen LogP contribution in [0, 0.1) is 15.9 Å². The molecule has 0 heterocycles. The van der Waals surface area contributed by atoms with Gasteiger partial charge in [0.2, 0.25) is 0 Å². The molecule has 1 atom stereocenters. The molecule has 17 heavy (non-hydrogen) atoms. The number of nitrogens with zero attached hydrogens (tertiary/aromatic N) is 1. The summed E-state index contributed by atoms with van der Waals surface area (Å²) in [7, 11) is 0. The molecule has 0 aliphatic heterocycles. The summed E-state index contributed by atoms with van der Waals surface area (Å²) in [6.07, 6.45) is 2.15. The second-order valence-corrected chi connectivity index (χ2v) is 3.85. The van der Waals surface area contributed by atoms with E-state index in [9.17, 15) is 14.5 Å². The summed E-state index contributed by atoms with van der Waals surface area (Å²) in [5.41, 5.74) is 11.2. The maximum Gasteiger partial charge on any atom is 0.269 e. The zero-order valence-corrected chi connectivity index (χ0v) is 9.43. The Hall–Kier alpha value is -1.53. The fourth-order valence-corrected chi connectivity index (χ4v) is 1.59. The second kappa shape index (κ2) is 6.27. The van der Waals surface area contributed by atoms with Gasteiger partial charge < -0.3 is 11.5 Å². The third-order valence-electron chi connectivity index (χ3n) is 2.56. The SMILES string of the molecule is NCCCC[C@@H](N)c1cc([N+](=O)[O-])ccc1F. The summed E-state index contributed by atoms with van der Waals surface area (Å²) < 4.78 is 13.5. The van der Waals surface area contributed by atoms with E-state index in [1.807, 2.05) is 0 Å². The lowest BCUT2D eigenvalue weighted by Crippen LogP contribution is -2.13. The molecule has 0 bridgehead atoms. The van der Waals surface area contributed by atoms with Crippen LogP contribution in [0.15, 0.2) is 18.2 Å². The highest BCUT2D eigenvalue weighted by molar-refractivity contribution is 5.36. The largest absolute Gasteiger partial charge is 0.330 e. The van der Waals surface area contributed by atoms with E-state index in [2.05, 4.69) is 0 Å². The van der Waals surface area contributed by atoms with Gasteiger partial charge in [-0.25, -0.2) is 4.39 Å². The van der Waals surface area contributed by atoms with Crippen molar-refractivity contribution in [2.75, 3.05) is 6.54 Å². The van der Waals surface area contributed by atoms with Crippen LogP contribution in [-0.2, 0) is 0 Å². The van der Waals surface area contributed by atoms with Crippen molar-refractivity contribution in [3.8, 4) is 0 Å². The normalized spacial score (nSPS) is 12.4. The van der Waals surface area contributed by atoms with Gasteiger partial charge in [0, 0.05) is 23.7 Å². The zero-order valence-electron chi connectivity index (χ0n) is 9.43. The Bertz CT molecular complexity index is 398. The number of non-ortho nitro benzene ring substituents is 1. The van der Waals surface area contributed by atoms with Gasteiger partial charge in [0.1, 0.15) is 5.82 Å². The average Bonchev–Trinajstić information content (AvgIpc) is 2.29. The minimum absolute atomic E-state index is 0.143. The molecule has 4 N–H and O–H groups in total. The molecule has 1 rings (SSSR count). The molecule has 0 amide bonds. The van der Waals surface area contributed by atoms with Crippen molar-refractivity contribution in [1.82, 2.24) is 0 Å². The standard InChI is InChI=1S/C11H16FN3O2/c12-10-5-4-8(15(16)17)7-9(10)11(14)3-1-2-6-13/h4-5,7,11H,1-3,6,13-14H2/t11-/m1/s1. The van der Waals surface area contributed by atoms with Crippen LogP contribution in [0.25, 0.3) is 0 Å². The van der Waals surface area contributed by atoms with Crippen molar-refractivity contribution < 1.29 is 9.31 Å². The summed E-state index contributed by atoms with van der Waals surface area (Å²) in [6.45, 7) is 0.560. The first-order valence-corrected chi connectivity index (χ1v) is 5.45.